The average molecular weight is 279 g/mol. The van der Waals surface area contributed by atoms with Crippen LogP contribution in [0.5, 0.6) is 0 Å². The van der Waals surface area contributed by atoms with E-state index in [0.29, 0.717) is 18.5 Å². The molecule has 1 atom stereocenters. The fourth-order valence-electron chi connectivity index (χ4n) is 2.51. The van der Waals surface area contributed by atoms with Gasteiger partial charge in [0.25, 0.3) is 0 Å². The van der Waals surface area contributed by atoms with Crippen LogP contribution in [0.25, 0.3) is 0 Å². The Hall–Kier alpha value is -1.40. The molecule has 1 aliphatic heterocycles. The van der Waals surface area contributed by atoms with Crippen molar-refractivity contribution in [2.24, 2.45) is 0 Å². The Balaban J connectivity index is 2.01. The van der Waals surface area contributed by atoms with Crippen LogP contribution in [0, 0.1) is 0 Å². The number of nitrogens with one attached hydrogen (secondary N) is 2. The van der Waals surface area contributed by atoms with Gasteiger partial charge in [-0.25, -0.2) is 9.97 Å². The molecule has 2 heterocycles. The lowest BCUT2D eigenvalue weighted by Gasteiger charge is -2.20. The minimum Gasteiger partial charge on any atom is -0.377 e. The van der Waals surface area contributed by atoms with Crippen LogP contribution >= 0.6 is 0 Å². The first-order valence-corrected chi connectivity index (χ1v) is 7.27. The van der Waals surface area contributed by atoms with Gasteiger partial charge in [-0.05, 0) is 33.4 Å². The third kappa shape index (κ3) is 4.05. The zero-order chi connectivity index (χ0) is 14.4. The van der Waals surface area contributed by atoms with Gasteiger partial charge in [-0.3, -0.25) is 0 Å². The normalized spacial score (nSPS) is 19.2. The van der Waals surface area contributed by atoms with Gasteiger partial charge in [0.2, 0.25) is 0 Å². The molecule has 1 fully saturated rings. The molecular weight excluding hydrogens is 254 g/mol. The predicted octanol–water partition coefficient (Wildman–Crippen LogP) is 1.56. The molecule has 0 spiro atoms. The van der Waals surface area contributed by atoms with Crippen molar-refractivity contribution in [3.63, 3.8) is 0 Å². The summed E-state index contributed by atoms with van der Waals surface area (Å²) in [6, 6.07) is 2.55. The van der Waals surface area contributed by atoms with Crippen LogP contribution in [0.3, 0.4) is 0 Å². The molecule has 1 aromatic rings. The molecule has 0 saturated carbocycles. The van der Waals surface area contributed by atoms with Gasteiger partial charge in [-0.2, -0.15) is 0 Å². The standard InChI is InChI=1S/C14H25N5O/c1-4-15-12-8-13(18-14(17-12)10-20-3)16-9-11-6-5-7-19(11)2/h8,11H,4-7,9-10H2,1-3H3,(H2,15,16,17,18). The molecule has 0 bridgehead atoms. The van der Waals surface area contributed by atoms with Gasteiger partial charge >= 0.3 is 0 Å². The molecule has 20 heavy (non-hydrogen) atoms. The topological polar surface area (TPSA) is 62.3 Å². The van der Waals surface area contributed by atoms with E-state index in [9.17, 15) is 0 Å². The van der Waals surface area contributed by atoms with Crippen LogP contribution in [0.15, 0.2) is 6.07 Å². The number of rotatable bonds is 7. The smallest absolute Gasteiger partial charge is 0.158 e. The van der Waals surface area contributed by atoms with Gasteiger partial charge in [0.1, 0.15) is 18.2 Å². The van der Waals surface area contributed by atoms with Crippen LogP contribution in [0.2, 0.25) is 0 Å². The van der Waals surface area contributed by atoms with Gasteiger partial charge < -0.3 is 20.3 Å². The highest BCUT2D eigenvalue weighted by Gasteiger charge is 2.20. The highest BCUT2D eigenvalue weighted by molar-refractivity contribution is 5.47. The van der Waals surface area contributed by atoms with Crippen LogP contribution in [0.1, 0.15) is 25.6 Å². The van der Waals surface area contributed by atoms with Crippen LogP contribution in [-0.2, 0) is 11.3 Å². The van der Waals surface area contributed by atoms with E-state index in [2.05, 4.69) is 39.5 Å². The molecule has 0 aromatic carbocycles. The van der Waals surface area contributed by atoms with Crippen LogP contribution in [-0.4, -0.2) is 54.7 Å². The maximum absolute atomic E-state index is 5.12. The Morgan fingerprint density at radius 1 is 1.35 bits per heavy atom. The summed E-state index contributed by atoms with van der Waals surface area (Å²) >= 11 is 0. The maximum atomic E-state index is 5.12. The zero-order valence-electron chi connectivity index (χ0n) is 12.6. The number of hydrogen-bond donors (Lipinski definition) is 2. The highest BCUT2D eigenvalue weighted by atomic mass is 16.5. The van der Waals surface area contributed by atoms with Gasteiger partial charge in [-0.1, -0.05) is 0 Å². The largest absolute Gasteiger partial charge is 0.377 e. The van der Waals surface area contributed by atoms with E-state index in [4.69, 9.17) is 4.74 Å². The number of aromatic nitrogens is 2. The summed E-state index contributed by atoms with van der Waals surface area (Å²) in [5.41, 5.74) is 0. The number of anilines is 2. The van der Waals surface area contributed by atoms with E-state index < -0.39 is 0 Å². The van der Waals surface area contributed by atoms with Gasteiger partial charge in [0.05, 0.1) is 0 Å². The number of methoxy groups -OCH3 is 1. The summed E-state index contributed by atoms with van der Waals surface area (Å²) in [7, 11) is 3.84. The molecule has 6 heteroatoms. The lowest BCUT2D eigenvalue weighted by molar-refractivity contribution is 0.178. The molecule has 1 aromatic heterocycles. The molecule has 0 radical (unpaired) electrons. The molecule has 0 aliphatic carbocycles. The third-order valence-corrected chi connectivity index (χ3v) is 3.59. The van der Waals surface area contributed by atoms with Crippen molar-refractivity contribution in [3.05, 3.63) is 11.9 Å². The second-order valence-electron chi connectivity index (χ2n) is 5.18. The van der Waals surface area contributed by atoms with Crippen molar-refractivity contribution in [2.45, 2.75) is 32.4 Å². The second kappa shape index (κ2) is 7.40. The molecule has 2 rings (SSSR count). The Labute approximate surface area is 120 Å². The molecule has 2 N–H and O–H groups in total. The first-order chi connectivity index (χ1) is 9.72. The predicted molar refractivity (Wildman–Crippen MR) is 81.1 cm³/mol. The third-order valence-electron chi connectivity index (χ3n) is 3.59. The van der Waals surface area contributed by atoms with Crippen LogP contribution in [0.4, 0.5) is 11.6 Å². The van der Waals surface area contributed by atoms with Crippen molar-refractivity contribution >= 4 is 11.6 Å². The van der Waals surface area contributed by atoms with Gasteiger partial charge in [-0.15, -0.1) is 0 Å². The molecule has 112 valence electrons. The minimum absolute atomic E-state index is 0.428. The SMILES string of the molecule is CCNc1cc(NCC2CCCN2C)nc(COC)n1. The van der Waals surface area contributed by atoms with Crippen molar-refractivity contribution < 1.29 is 4.74 Å². The number of ether oxygens (including phenoxy) is 1. The van der Waals surface area contributed by atoms with E-state index in [1.54, 1.807) is 7.11 Å². The number of likely N-dealkylation sites (N-methyl/N-ethyl adjacent to an activating group) is 1. The van der Waals surface area contributed by atoms with Gasteiger partial charge in [0, 0.05) is 32.3 Å². The Morgan fingerprint density at radius 3 is 2.70 bits per heavy atom. The molecule has 0 amide bonds. The van der Waals surface area contributed by atoms with Crippen molar-refractivity contribution in [1.29, 1.82) is 0 Å². The number of hydrogen-bond acceptors (Lipinski definition) is 6. The maximum Gasteiger partial charge on any atom is 0.158 e. The van der Waals surface area contributed by atoms with E-state index in [0.717, 1.165) is 24.7 Å². The van der Waals surface area contributed by atoms with Crippen molar-refractivity contribution in [3.8, 4) is 0 Å². The summed E-state index contributed by atoms with van der Waals surface area (Å²) in [6.45, 7) is 5.43. The zero-order valence-corrected chi connectivity index (χ0v) is 12.6. The fraction of sp³-hybridized carbons (Fsp3) is 0.714. The highest BCUT2D eigenvalue weighted by Crippen LogP contribution is 2.17. The minimum atomic E-state index is 0.428. The molecule has 1 aliphatic rings. The summed E-state index contributed by atoms with van der Waals surface area (Å²) in [4.78, 5) is 11.3. The number of nitrogens with zero attached hydrogens (tertiary/aromatic N) is 3. The van der Waals surface area contributed by atoms with E-state index in [-0.39, 0.29) is 0 Å². The average Bonchev–Trinajstić information content (AvgIpc) is 2.83. The lowest BCUT2D eigenvalue weighted by atomic mass is 10.2. The van der Waals surface area contributed by atoms with Gasteiger partial charge in [0.15, 0.2) is 5.82 Å². The first-order valence-electron chi connectivity index (χ1n) is 7.27. The second-order valence-corrected chi connectivity index (χ2v) is 5.18. The Morgan fingerprint density at radius 2 is 2.10 bits per heavy atom. The Bertz CT molecular complexity index is 402. The van der Waals surface area contributed by atoms with E-state index in [1.165, 1.54) is 19.4 Å². The molecule has 6 nitrogen and oxygen atoms in total. The summed E-state index contributed by atoms with van der Waals surface area (Å²) in [5.74, 6) is 2.41. The lowest BCUT2D eigenvalue weighted by Crippen LogP contribution is -2.31. The molecular formula is C14H25N5O. The van der Waals surface area contributed by atoms with E-state index in [1.807, 2.05) is 6.07 Å². The molecule has 1 saturated heterocycles. The fourth-order valence-corrected chi connectivity index (χ4v) is 2.51. The monoisotopic (exact) mass is 279 g/mol. The quantitative estimate of drug-likeness (QED) is 0.790. The summed E-state index contributed by atoms with van der Waals surface area (Å²) in [6.07, 6.45) is 2.53. The summed E-state index contributed by atoms with van der Waals surface area (Å²) < 4.78 is 5.12. The first kappa shape index (κ1) is 15.0. The van der Waals surface area contributed by atoms with E-state index >= 15 is 0 Å². The van der Waals surface area contributed by atoms with Crippen LogP contribution < -0.4 is 10.6 Å². The molecule has 1 unspecified atom stereocenters. The van der Waals surface area contributed by atoms with Crippen molar-refractivity contribution in [2.75, 3.05) is 44.4 Å². The Kier molecular flexibility index (Phi) is 5.55. The summed E-state index contributed by atoms with van der Waals surface area (Å²) in [5, 5.41) is 6.65. The number of likely N-dealkylation sites (tertiary alicyclic amines) is 1. The van der Waals surface area contributed by atoms with Crippen molar-refractivity contribution in [1.82, 2.24) is 14.9 Å².